The monoisotopic (exact) mass is 542 g/mol. The predicted octanol–water partition coefficient (Wildman–Crippen LogP) is 5.80. The van der Waals surface area contributed by atoms with Gasteiger partial charge in [0, 0.05) is 5.02 Å². The lowest BCUT2D eigenvalue weighted by atomic mass is 10.1. The highest BCUT2D eigenvalue weighted by Crippen LogP contribution is 2.31. The molecule has 0 spiro atoms. The first kappa shape index (κ1) is 23.7. The van der Waals surface area contributed by atoms with Gasteiger partial charge in [0.15, 0.2) is 0 Å². The molecule has 3 aromatic carbocycles. The Bertz CT molecular complexity index is 1340. The molecule has 0 aliphatic carbocycles. The minimum Gasteiger partial charge on any atom is -0.488 e. The van der Waals surface area contributed by atoms with Crippen LogP contribution in [0.3, 0.4) is 0 Å². The summed E-state index contributed by atoms with van der Waals surface area (Å²) in [7, 11) is 0. The number of barbiturate groups is 1. The standard InChI is InChI=1S/C25H17BrClFN2O4/c1-14-20(27)3-2-4-21(14)30-24(32)18(23(31)29-25(30)33)11-16-7-10-22(19(26)12-16)34-13-15-5-8-17(28)9-6-15/h2-12H,13H2,1H3,(H,29,31,33)/b18-11+. The molecule has 1 N–H and O–H groups in total. The Balaban J connectivity index is 1.58. The van der Waals surface area contributed by atoms with Crippen LogP contribution < -0.4 is 15.0 Å². The molecule has 1 saturated heterocycles. The lowest BCUT2D eigenvalue weighted by molar-refractivity contribution is -0.122. The number of imide groups is 2. The summed E-state index contributed by atoms with van der Waals surface area (Å²) >= 11 is 9.57. The van der Waals surface area contributed by atoms with Crippen LogP contribution in [0.15, 0.2) is 70.7 Å². The smallest absolute Gasteiger partial charge is 0.335 e. The highest BCUT2D eigenvalue weighted by Gasteiger charge is 2.37. The van der Waals surface area contributed by atoms with Crippen molar-refractivity contribution in [1.82, 2.24) is 5.32 Å². The van der Waals surface area contributed by atoms with E-state index in [-0.39, 0.29) is 18.0 Å². The van der Waals surface area contributed by atoms with Crippen LogP contribution in [0.4, 0.5) is 14.9 Å². The van der Waals surface area contributed by atoms with Gasteiger partial charge in [-0.05, 0) is 82.0 Å². The molecular weight excluding hydrogens is 527 g/mol. The van der Waals surface area contributed by atoms with Gasteiger partial charge in [0.1, 0.15) is 23.7 Å². The van der Waals surface area contributed by atoms with Crippen molar-refractivity contribution in [3.8, 4) is 5.75 Å². The van der Waals surface area contributed by atoms with E-state index in [9.17, 15) is 18.8 Å². The van der Waals surface area contributed by atoms with Crippen LogP contribution in [0, 0.1) is 12.7 Å². The maximum atomic E-state index is 13.1. The van der Waals surface area contributed by atoms with Gasteiger partial charge in [-0.2, -0.15) is 0 Å². The van der Waals surface area contributed by atoms with Gasteiger partial charge in [0.2, 0.25) is 0 Å². The van der Waals surface area contributed by atoms with Crippen LogP contribution in [0.5, 0.6) is 5.75 Å². The lowest BCUT2D eigenvalue weighted by Gasteiger charge is -2.27. The fourth-order valence-electron chi connectivity index (χ4n) is 3.35. The fraction of sp³-hybridized carbons (Fsp3) is 0.0800. The first-order chi connectivity index (χ1) is 16.2. The van der Waals surface area contributed by atoms with Crippen LogP contribution >= 0.6 is 27.5 Å². The number of amides is 4. The molecule has 3 aromatic rings. The number of nitrogens with one attached hydrogen (secondary N) is 1. The minimum absolute atomic E-state index is 0.203. The van der Waals surface area contributed by atoms with Crippen LogP contribution in [-0.2, 0) is 16.2 Å². The Morgan fingerprint density at radius 2 is 1.82 bits per heavy atom. The Kier molecular flexibility index (Phi) is 6.81. The number of hydrogen-bond acceptors (Lipinski definition) is 4. The number of rotatable bonds is 5. The molecule has 1 aliphatic rings. The highest BCUT2D eigenvalue weighted by molar-refractivity contribution is 9.10. The number of hydrogen-bond donors (Lipinski definition) is 1. The van der Waals surface area contributed by atoms with Crippen molar-refractivity contribution in [2.24, 2.45) is 0 Å². The Hall–Kier alpha value is -3.49. The Morgan fingerprint density at radius 3 is 2.53 bits per heavy atom. The van der Waals surface area contributed by atoms with Gasteiger partial charge in [-0.1, -0.05) is 35.9 Å². The summed E-state index contributed by atoms with van der Waals surface area (Å²) in [4.78, 5) is 38.9. The van der Waals surface area contributed by atoms with Crippen molar-refractivity contribution in [2.75, 3.05) is 4.90 Å². The van der Waals surface area contributed by atoms with E-state index in [2.05, 4.69) is 21.2 Å². The van der Waals surface area contributed by atoms with Crippen LogP contribution in [0.1, 0.15) is 16.7 Å². The molecule has 6 nitrogen and oxygen atoms in total. The first-order valence-corrected chi connectivity index (χ1v) is 11.2. The Labute approximate surface area is 208 Å². The van der Waals surface area contributed by atoms with Gasteiger partial charge in [-0.3, -0.25) is 14.9 Å². The summed E-state index contributed by atoms with van der Waals surface area (Å²) in [5.74, 6) is -1.35. The van der Waals surface area contributed by atoms with Gasteiger partial charge in [-0.15, -0.1) is 0 Å². The molecule has 0 unspecified atom stereocenters. The summed E-state index contributed by atoms with van der Waals surface area (Å²) in [6.07, 6.45) is 1.39. The van der Waals surface area contributed by atoms with E-state index in [1.165, 1.54) is 18.2 Å². The van der Waals surface area contributed by atoms with E-state index >= 15 is 0 Å². The van der Waals surface area contributed by atoms with E-state index in [0.717, 1.165) is 10.5 Å². The molecular formula is C25H17BrClFN2O4. The van der Waals surface area contributed by atoms with Crippen LogP contribution in [-0.4, -0.2) is 17.8 Å². The Morgan fingerprint density at radius 1 is 1.09 bits per heavy atom. The van der Waals surface area contributed by atoms with Crippen molar-refractivity contribution in [3.05, 3.63) is 98.2 Å². The van der Waals surface area contributed by atoms with E-state index in [0.29, 0.717) is 32.1 Å². The first-order valence-electron chi connectivity index (χ1n) is 10.1. The third-order valence-corrected chi connectivity index (χ3v) is 6.19. The highest BCUT2D eigenvalue weighted by atomic mass is 79.9. The summed E-state index contributed by atoms with van der Waals surface area (Å²) in [6, 6.07) is 15.0. The minimum atomic E-state index is -0.844. The summed E-state index contributed by atoms with van der Waals surface area (Å²) in [5.41, 5.74) is 1.96. The SMILES string of the molecule is Cc1c(Cl)cccc1N1C(=O)NC(=O)/C(=C\c2ccc(OCc3ccc(F)cc3)c(Br)c2)C1=O. The summed E-state index contributed by atoms with van der Waals surface area (Å²) < 4.78 is 19.4. The zero-order chi connectivity index (χ0) is 24.4. The van der Waals surface area contributed by atoms with Crippen LogP contribution in [0.25, 0.3) is 6.08 Å². The number of ether oxygens (including phenoxy) is 1. The largest absolute Gasteiger partial charge is 0.488 e. The van der Waals surface area contributed by atoms with Crippen molar-refractivity contribution in [1.29, 1.82) is 0 Å². The van der Waals surface area contributed by atoms with Gasteiger partial charge >= 0.3 is 6.03 Å². The quantitative estimate of drug-likeness (QED) is 0.326. The lowest BCUT2D eigenvalue weighted by Crippen LogP contribution is -2.54. The number of urea groups is 1. The third-order valence-electron chi connectivity index (χ3n) is 5.16. The topological polar surface area (TPSA) is 75.7 Å². The van der Waals surface area contributed by atoms with E-state index in [1.807, 2.05) is 0 Å². The molecule has 9 heteroatoms. The fourth-order valence-corrected chi connectivity index (χ4v) is 4.03. The number of halogens is 3. The van der Waals surface area contributed by atoms with Gasteiger partial charge < -0.3 is 4.74 Å². The molecule has 0 bridgehead atoms. The average Bonchev–Trinajstić information content (AvgIpc) is 2.80. The number of carbonyl (C=O) groups excluding carboxylic acids is 3. The average molecular weight is 544 g/mol. The summed E-state index contributed by atoms with van der Waals surface area (Å²) in [5, 5.41) is 2.59. The molecule has 0 saturated carbocycles. The normalized spacial score (nSPS) is 15.0. The van der Waals surface area contributed by atoms with E-state index in [4.69, 9.17) is 16.3 Å². The predicted molar refractivity (Wildman–Crippen MR) is 130 cm³/mol. The van der Waals surface area contributed by atoms with Crippen molar-refractivity contribution >= 4 is 57.1 Å². The molecule has 0 radical (unpaired) electrons. The number of benzene rings is 3. The molecule has 0 aromatic heterocycles. The van der Waals surface area contributed by atoms with Crippen molar-refractivity contribution in [2.45, 2.75) is 13.5 Å². The second-order valence-electron chi connectivity index (χ2n) is 7.45. The molecule has 0 atom stereocenters. The third kappa shape index (κ3) is 4.88. The zero-order valence-corrected chi connectivity index (χ0v) is 20.1. The maximum absolute atomic E-state index is 13.1. The second-order valence-corrected chi connectivity index (χ2v) is 8.71. The van der Waals surface area contributed by atoms with Crippen LogP contribution in [0.2, 0.25) is 5.02 Å². The molecule has 1 heterocycles. The summed E-state index contributed by atoms with van der Waals surface area (Å²) in [6.45, 7) is 1.91. The van der Waals surface area contributed by atoms with Gasteiger partial charge in [0.05, 0.1) is 10.2 Å². The second kappa shape index (κ2) is 9.79. The van der Waals surface area contributed by atoms with Gasteiger partial charge in [-0.25, -0.2) is 14.1 Å². The zero-order valence-electron chi connectivity index (χ0n) is 17.8. The van der Waals surface area contributed by atoms with Crippen molar-refractivity contribution < 1.29 is 23.5 Å². The molecule has 1 aliphatic heterocycles. The van der Waals surface area contributed by atoms with Crippen molar-refractivity contribution in [3.63, 3.8) is 0 Å². The molecule has 172 valence electrons. The maximum Gasteiger partial charge on any atom is 0.335 e. The molecule has 1 fully saturated rings. The molecule has 4 rings (SSSR count). The van der Waals surface area contributed by atoms with E-state index in [1.54, 1.807) is 55.5 Å². The number of carbonyl (C=O) groups is 3. The molecule has 34 heavy (non-hydrogen) atoms. The number of nitrogens with zero attached hydrogens (tertiary/aromatic N) is 1. The van der Waals surface area contributed by atoms with E-state index < -0.39 is 17.8 Å². The molecule has 4 amide bonds. The van der Waals surface area contributed by atoms with Gasteiger partial charge in [0.25, 0.3) is 11.8 Å². The number of anilines is 1.